The zero-order valence-electron chi connectivity index (χ0n) is 14.6. The van der Waals surface area contributed by atoms with Gasteiger partial charge in [-0.05, 0) is 43.3 Å². The molecule has 28 heavy (non-hydrogen) atoms. The van der Waals surface area contributed by atoms with Crippen molar-refractivity contribution in [1.82, 2.24) is 4.57 Å². The number of hydrogen-bond acceptors (Lipinski definition) is 3. The van der Waals surface area contributed by atoms with Gasteiger partial charge in [0.2, 0.25) is 0 Å². The van der Waals surface area contributed by atoms with E-state index in [1.807, 2.05) is 6.07 Å². The highest BCUT2D eigenvalue weighted by Crippen LogP contribution is 2.33. The van der Waals surface area contributed by atoms with Crippen LogP contribution in [0.5, 0.6) is 0 Å². The van der Waals surface area contributed by atoms with E-state index in [2.05, 4.69) is 15.9 Å². The molecule has 2 aromatic heterocycles. The normalized spacial score (nSPS) is 11.1. The number of carboxylic acids is 1. The minimum Gasteiger partial charge on any atom is -0.478 e. The summed E-state index contributed by atoms with van der Waals surface area (Å²) in [5.74, 6) is -0.981. The molecule has 0 atom stereocenters. The third kappa shape index (κ3) is 2.95. The molecule has 5 nitrogen and oxygen atoms in total. The number of nitrogens with zero attached hydrogens (tertiary/aromatic N) is 1. The average Bonchev–Trinajstić information content (AvgIpc) is 3.23. The lowest BCUT2D eigenvalue weighted by molar-refractivity contribution is 0.0698. The SMILES string of the molecule is Cc1c(C(=O)O)c2ccccc2n1C(=O)c1ccc(-c2ccc(Br)cc2Cl)o1. The summed E-state index contributed by atoms with van der Waals surface area (Å²) >= 11 is 9.62. The second kappa shape index (κ2) is 6.96. The lowest BCUT2D eigenvalue weighted by atomic mass is 10.1. The number of halogens is 2. The van der Waals surface area contributed by atoms with Crippen LogP contribution in [0.4, 0.5) is 0 Å². The van der Waals surface area contributed by atoms with E-state index in [1.54, 1.807) is 55.5 Å². The van der Waals surface area contributed by atoms with Crippen LogP contribution in [-0.4, -0.2) is 21.6 Å². The van der Waals surface area contributed by atoms with Crippen molar-refractivity contribution in [3.8, 4) is 11.3 Å². The molecule has 4 aromatic rings. The largest absolute Gasteiger partial charge is 0.478 e. The third-order valence-electron chi connectivity index (χ3n) is 4.54. The molecule has 1 N–H and O–H groups in total. The fourth-order valence-electron chi connectivity index (χ4n) is 3.30. The summed E-state index contributed by atoms with van der Waals surface area (Å²) in [4.78, 5) is 24.8. The van der Waals surface area contributed by atoms with Gasteiger partial charge in [0.05, 0.1) is 16.1 Å². The van der Waals surface area contributed by atoms with Crippen molar-refractivity contribution in [1.29, 1.82) is 0 Å². The van der Waals surface area contributed by atoms with Crippen molar-refractivity contribution in [2.75, 3.05) is 0 Å². The molecule has 2 aromatic carbocycles. The second-order valence-electron chi connectivity index (χ2n) is 6.21. The Bertz CT molecular complexity index is 1250. The van der Waals surface area contributed by atoms with Gasteiger partial charge in [-0.3, -0.25) is 9.36 Å². The summed E-state index contributed by atoms with van der Waals surface area (Å²) in [6.07, 6.45) is 0. The van der Waals surface area contributed by atoms with E-state index >= 15 is 0 Å². The van der Waals surface area contributed by atoms with Crippen molar-refractivity contribution in [3.63, 3.8) is 0 Å². The van der Waals surface area contributed by atoms with Crippen molar-refractivity contribution >= 4 is 50.3 Å². The molecule has 0 amide bonds. The molecular weight excluding hydrogens is 446 g/mol. The lowest BCUT2D eigenvalue weighted by Crippen LogP contribution is -2.13. The van der Waals surface area contributed by atoms with E-state index in [1.165, 1.54) is 4.57 Å². The van der Waals surface area contributed by atoms with E-state index in [0.29, 0.717) is 32.9 Å². The number of carbonyl (C=O) groups is 2. The van der Waals surface area contributed by atoms with Crippen LogP contribution in [0, 0.1) is 6.92 Å². The number of furan rings is 1. The number of benzene rings is 2. The van der Waals surface area contributed by atoms with Gasteiger partial charge in [-0.15, -0.1) is 0 Å². The molecule has 4 rings (SSSR count). The maximum Gasteiger partial charge on any atom is 0.338 e. The van der Waals surface area contributed by atoms with E-state index in [4.69, 9.17) is 16.0 Å². The molecule has 0 radical (unpaired) electrons. The number of hydrogen-bond donors (Lipinski definition) is 1. The summed E-state index contributed by atoms with van der Waals surface area (Å²) in [7, 11) is 0. The van der Waals surface area contributed by atoms with Crippen LogP contribution in [0.1, 0.15) is 26.6 Å². The summed E-state index contributed by atoms with van der Waals surface area (Å²) in [5.41, 5.74) is 1.62. The standard InChI is InChI=1S/C21H13BrClNO4/c1-11-19(21(26)27)14-4-2-3-5-16(14)24(11)20(25)18-9-8-17(28-18)13-7-6-12(22)10-15(13)23/h2-10H,1H3,(H,26,27). The first kappa shape index (κ1) is 18.5. The fourth-order valence-corrected chi connectivity index (χ4v) is 4.06. The summed E-state index contributed by atoms with van der Waals surface area (Å²) in [5, 5.41) is 10.6. The molecule has 140 valence electrons. The number of carboxylic acid groups (broad SMARTS) is 1. The third-order valence-corrected chi connectivity index (χ3v) is 5.35. The Kier molecular flexibility index (Phi) is 4.61. The minimum atomic E-state index is -1.08. The number of rotatable bonds is 3. The topological polar surface area (TPSA) is 72.4 Å². The van der Waals surface area contributed by atoms with Crippen LogP contribution in [0.2, 0.25) is 5.02 Å². The second-order valence-corrected chi connectivity index (χ2v) is 7.53. The van der Waals surface area contributed by atoms with Crippen molar-refractivity contribution in [2.45, 2.75) is 6.92 Å². The van der Waals surface area contributed by atoms with Gasteiger partial charge < -0.3 is 9.52 Å². The first-order valence-electron chi connectivity index (χ1n) is 8.31. The Hall–Kier alpha value is -2.83. The first-order valence-corrected chi connectivity index (χ1v) is 9.49. The number of aromatic carboxylic acids is 1. The van der Waals surface area contributed by atoms with Gasteiger partial charge in [0.25, 0.3) is 5.91 Å². The quantitative estimate of drug-likeness (QED) is 0.408. The van der Waals surface area contributed by atoms with Gasteiger partial charge >= 0.3 is 5.97 Å². The van der Waals surface area contributed by atoms with Crippen LogP contribution in [0.25, 0.3) is 22.2 Å². The zero-order chi connectivity index (χ0) is 20.0. The Labute approximate surface area is 173 Å². The number of aromatic nitrogens is 1. The van der Waals surface area contributed by atoms with Gasteiger partial charge in [0, 0.05) is 21.1 Å². The summed E-state index contributed by atoms with van der Waals surface area (Å²) in [6, 6.07) is 15.5. The fraction of sp³-hybridized carbons (Fsp3) is 0.0476. The van der Waals surface area contributed by atoms with Gasteiger partial charge in [-0.2, -0.15) is 0 Å². The predicted molar refractivity (Wildman–Crippen MR) is 110 cm³/mol. The van der Waals surface area contributed by atoms with E-state index in [-0.39, 0.29) is 11.3 Å². The Morgan fingerprint density at radius 1 is 1.11 bits per heavy atom. The van der Waals surface area contributed by atoms with Gasteiger partial charge in [-0.25, -0.2) is 4.79 Å². The molecular formula is C21H13BrClNO4. The number of fused-ring (bicyclic) bond motifs is 1. The van der Waals surface area contributed by atoms with Crippen molar-refractivity contribution < 1.29 is 19.1 Å². The number of carbonyl (C=O) groups excluding carboxylic acids is 1. The van der Waals surface area contributed by atoms with E-state index in [0.717, 1.165) is 4.47 Å². The first-order chi connectivity index (χ1) is 13.4. The van der Waals surface area contributed by atoms with Gasteiger partial charge in [-0.1, -0.05) is 45.7 Å². The highest BCUT2D eigenvalue weighted by atomic mass is 79.9. The summed E-state index contributed by atoms with van der Waals surface area (Å²) in [6.45, 7) is 1.61. The Morgan fingerprint density at radius 3 is 2.57 bits per heavy atom. The van der Waals surface area contributed by atoms with Crippen LogP contribution in [0.15, 0.2) is 63.5 Å². The van der Waals surface area contributed by atoms with Crippen LogP contribution >= 0.6 is 27.5 Å². The van der Waals surface area contributed by atoms with Crippen molar-refractivity contribution in [2.24, 2.45) is 0 Å². The highest BCUT2D eigenvalue weighted by Gasteiger charge is 2.25. The molecule has 2 heterocycles. The van der Waals surface area contributed by atoms with Crippen LogP contribution in [0.3, 0.4) is 0 Å². The molecule has 0 bridgehead atoms. The van der Waals surface area contributed by atoms with Crippen molar-refractivity contribution in [3.05, 3.63) is 81.1 Å². The van der Waals surface area contributed by atoms with Crippen LogP contribution < -0.4 is 0 Å². The minimum absolute atomic E-state index is 0.0924. The van der Waals surface area contributed by atoms with E-state index < -0.39 is 11.9 Å². The maximum absolute atomic E-state index is 13.1. The monoisotopic (exact) mass is 457 g/mol. The van der Waals surface area contributed by atoms with Gasteiger partial charge in [0.15, 0.2) is 5.76 Å². The maximum atomic E-state index is 13.1. The molecule has 0 saturated heterocycles. The molecule has 0 aliphatic carbocycles. The lowest BCUT2D eigenvalue weighted by Gasteiger charge is -2.05. The highest BCUT2D eigenvalue weighted by molar-refractivity contribution is 9.10. The predicted octanol–water partition coefficient (Wildman–Crippen LogP) is 6.01. The molecule has 0 unspecified atom stereocenters. The summed E-state index contributed by atoms with van der Waals surface area (Å²) < 4.78 is 7.96. The Balaban J connectivity index is 1.83. The van der Waals surface area contributed by atoms with E-state index in [9.17, 15) is 14.7 Å². The molecule has 0 spiro atoms. The molecule has 0 aliphatic rings. The molecule has 0 aliphatic heterocycles. The molecule has 7 heteroatoms. The molecule has 0 saturated carbocycles. The zero-order valence-corrected chi connectivity index (χ0v) is 16.9. The Morgan fingerprint density at radius 2 is 1.86 bits per heavy atom. The number of para-hydroxylation sites is 1. The van der Waals surface area contributed by atoms with Gasteiger partial charge in [0.1, 0.15) is 5.76 Å². The molecule has 0 fully saturated rings. The smallest absolute Gasteiger partial charge is 0.338 e. The average molecular weight is 459 g/mol. The van der Waals surface area contributed by atoms with Crippen LogP contribution in [-0.2, 0) is 0 Å².